The lowest BCUT2D eigenvalue weighted by Crippen LogP contribution is -2.39. The summed E-state index contributed by atoms with van der Waals surface area (Å²) in [6.07, 6.45) is 0.132. The Labute approximate surface area is 224 Å². The molecule has 3 atom stereocenters. The van der Waals surface area contributed by atoms with Gasteiger partial charge in [0, 0.05) is 42.2 Å². The lowest BCUT2D eigenvalue weighted by atomic mass is 9.95. The molecule has 5 rings (SSSR count). The van der Waals surface area contributed by atoms with Gasteiger partial charge in [-0.25, -0.2) is 19.0 Å². The van der Waals surface area contributed by atoms with E-state index < -0.39 is 29.0 Å². The zero-order chi connectivity index (χ0) is 27.2. The second-order valence-electron chi connectivity index (χ2n) is 10.7. The third kappa shape index (κ3) is 4.51. The number of piperidine rings is 1. The van der Waals surface area contributed by atoms with E-state index in [4.69, 9.17) is 9.47 Å². The van der Waals surface area contributed by atoms with Gasteiger partial charge in [0.1, 0.15) is 22.9 Å². The molecule has 3 aliphatic rings. The number of amides is 2. The molecule has 2 unspecified atom stereocenters. The highest BCUT2D eigenvalue weighted by molar-refractivity contribution is 7.78. The number of likely N-dealkylation sites (tertiary alicyclic amines) is 1. The van der Waals surface area contributed by atoms with Crippen LogP contribution in [0, 0.1) is 29.0 Å². The third-order valence-electron chi connectivity index (χ3n) is 7.21. The fraction of sp³-hybridized carbons (Fsp3) is 0.444. The maximum Gasteiger partial charge on any atom is 0.414 e. The second-order valence-corrected chi connectivity index (χ2v) is 10.9. The molecule has 0 N–H and O–H groups in total. The van der Waals surface area contributed by atoms with Crippen molar-refractivity contribution in [1.82, 2.24) is 9.88 Å². The molecule has 2 aromatic rings. The molecule has 3 heterocycles. The van der Waals surface area contributed by atoms with Gasteiger partial charge in [-0.05, 0) is 57.3 Å². The molecular weight excluding hydrogens is 509 g/mol. The molecule has 196 valence electrons. The standard InChI is InChI=1S/C27H26FN5O4S/c1-26(2,3)37-24(34)32-12-20-21(13-32)27(20,14-29)23-7-4-16(9-31-23)19-6-5-17(8-22(19)28)33-11-18(10-30-15-38)36-25(33)35/h4-9,18,20-21H,10-13H2,1-3H3/t18-,20?,21?,27?/m1/s1. The van der Waals surface area contributed by atoms with Crippen LogP contribution in [0.25, 0.3) is 11.1 Å². The van der Waals surface area contributed by atoms with Crippen LogP contribution in [0.15, 0.2) is 41.5 Å². The number of aliphatic imine (C=N–C) groups is 1. The lowest BCUT2D eigenvalue weighted by molar-refractivity contribution is 0.0265. The van der Waals surface area contributed by atoms with E-state index in [0.29, 0.717) is 35.6 Å². The predicted molar refractivity (Wildman–Crippen MR) is 139 cm³/mol. The molecule has 1 aromatic heterocycles. The van der Waals surface area contributed by atoms with Gasteiger partial charge in [-0.3, -0.25) is 9.88 Å². The summed E-state index contributed by atoms with van der Waals surface area (Å²) in [6.45, 7) is 6.76. The molecule has 11 heteroatoms. The first-order valence-electron chi connectivity index (χ1n) is 12.2. The fourth-order valence-electron chi connectivity index (χ4n) is 5.38. The normalized spacial score (nSPS) is 25.8. The van der Waals surface area contributed by atoms with E-state index in [9.17, 15) is 14.9 Å². The Morgan fingerprint density at radius 2 is 2.03 bits per heavy atom. The van der Waals surface area contributed by atoms with Crippen LogP contribution in [0.5, 0.6) is 0 Å². The van der Waals surface area contributed by atoms with Gasteiger partial charge in [-0.1, -0.05) is 6.07 Å². The number of pyridine rings is 1. The van der Waals surface area contributed by atoms with Crippen molar-refractivity contribution in [2.45, 2.75) is 37.9 Å². The van der Waals surface area contributed by atoms with Crippen molar-refractivity contribution in [2.75, 3.05) is 31.1 Å². The summed E-state index contributed by atoms with van der Waals surface area (Å²) in [6, 6.07) is 10.4. The number of hydrogen-bond donors (Lipinski definition) is 0. The van der Waals surface area contributed by atoms with Gasteiger partial charge in [-0.2, -0.15) is 5.26 Å². The number of fused-ring (bicyclic) bond motifs is 1. The van der Waals surface area contributed by atoms with Crippen molar-refractivity contribution in [3.63, 3.8) is 0 Å². The number of halogens is 1. The number of isothiocyanates is 1. The number of anilines is 1. The molecule has 3 fully saturated rings. The number of rotatable bonds is 5. The van der Waals surface area contributed by atoms with E-state index in [0.717, 1.165) is 0 Å². The van der Waals surface area contributed by atoms with Crippen LogP contribution in [-0.2, 0) is 14.9 Å². The molecule has 1 aliphatic carbocycles. The van der Waals surface area contributed by atoms with Crippen LogP contribution < -0.4 is 4.90 Å². The number of carbonyl (C=O) groups excluding carboxylic acids is 2. The molecule has 0 bridgehead atoms. The first-order chi connectivity index (χ1) is 18.1. The summed E-state index contributed by atoms with van der Waals surface area (Å²) in [5.41, 5.74) is 0.506. The van der Waals surface area contributed by atoms with Gasteiger partial charge in [0.2, 0.25) is 0 Å². The maximum atomic E-state index is 15.1. The fourth-order valence-corrected chi connectivity index (χ4v) is 5.45. The summed E-state index contributed by atoms with van der Waals surface area (Å²) < 4.78 is 25.8. The Hall–Kier alpha value is -3.87. The topological polar surface area (TPSA) is 108 Å². The van der Waals surface area contributed by atoms with E-state index in [1.165, 1.54) is 11.0 Å². The van der Waals surface area contributed by atoms with Crippen LogP contribution in [0.2, 0.25) is 0 Å². The number of hydrogen-bond acceptors (Lipinski definition) is 8. The Bertz CT molecular complexity index is 1370. The monoisotopic (exact) mass is 535 g/mol. The summed E-state index contributed by atoms with van der Waals surface area (Å²) in [7, 11) is 0. The lowest BCUT2D eigenvalue weighted by Gasteiger charge is -2.27. The molecule has 0 radical (unpaired) electrons. The Morgan fingerprint density at radius 3 is 2.61 bits per heavy atom. The van der Waals surface area contributed by atoms with Crippen molar-refractivity contribution in [2.24, 2.45) is 16.8 Å². The maximum absolute atomic E-state index is 15.1. The largest absolute Gasteiger partial charge is 0.444 e. The summed E-state index contributed by atoms with van der Waals surface area (Å²) in [4.78, 5) is 35.9. The van der Waals surface area contributed by atoms with Gasteiger partial charge in [0.05, 0.1) is 35.7 Å². The number of nitrogens with zero attached hydrogens (tertiary/aromatic N) is 5. The number of aromatic nitrogens is 1. The highest BCUT2D eigenvalue weighted by atomic mass is 32.1. The molecule has 9 nitrogen and oxygen atoms in total. The van der Waals surface area contributed by atoms with Crippen LogP contribution in [0.1, 0.15) is 26.5 Å². The minimum atomic E-state index is -0.765. The quantitative estimate of drug-likeness (QED) is 0.408. The Kier molecular flexibility index (Phi) is 6.41. The van der Waals surface area contributed by atoms with Crippen LogP contribution >= 0.6 is 12.2 Å². The molecule has 1 saturated carbocycles. The smallest absolute Gasteiger partial charge is 0.414 e. The third-order valence-corrected chi connectivity index (χ3v) is 7.34. The molecule has 2 aliphatic heterocycles. The van der Waals surface area contributed by atoms with E-state index in [2.05, 4.69) is 33.4 Å². The zero-order valence-electron chi connectivity index (χ0n) is 21.2. The number of nitriles is 1. The van der Waals surface area contributed by atoms with Crippen molar-refractivity contribution in [3.05, 3.63) is 48.0 Å². The number of thiocarbonyl (C=S) groups is 1. The van der Waals surface area contributed by atoms with Crippen molar-refractivity contribution in [3.8, 4) is 17.2 Å². The number of benzene rings is 1. The van der Waals surface area contributed by atoms with Crippen LogP contribution in [-0.4, -0.2) is 65.1 Å². The number of ether oxygens (including phenoxy) is 2. The average molecular weight is 536 g/mol. The van der Waals surface area contributed by atoms with E-state index in [-0.39, 0.29) is 31.0 Å². The molecule has 0 spiro atoms. The SMILES string of the molecule is CC(C)(C)OC(=O)N1CC2C(C1)C2(C#N)c1ccc(-c2ccc(N3C[C@@H](CN=C=S)OC3=O)cc2F)cn1. The average Bonchev–Trinajstić information content (AvgIpc) is 3.14. The van der Waals surface area contributed by atoms with Gasteiger partial charge in [-0.15, -0.1) is 0 Å². The zero-order valence-corrected chi connectivity index (χ0v) is 22.0. The van der Waals surface area contributed by atoms with E-state index >= 15 is 4.39 Å². The molecule has 38 heavy (non-hydrogen) atoms. The second kappa shape index (κ2) is 9.46. The van der Waals surface area contributed by atoms with Crippen LogP contribution in [0.4, 0.5) is 19.7 Å². The van der Waals surface area contributed by atoms with E-state index in [1.54, 1.807) is 35.4 Å². The first-order valence-corrected chi connectivity index (χ1v) is 12.7. The summed E-state index contributed by atoms with van der Waals surface area (Å²) in [5.74, 6) is -0.558. The van der Waals surface area contributed by atoms with Crippen molar-refractivity contribution < 1.29 is 23.5 Å². The summed E-state index contributed by atoms with van der Waals surface area (Å²) in [5, 5.41) is 12.3. The highest BCUT2D eigenvalue weighted by Gasteiger charge is 2.71. The van der Waals surface area contributed by atoms with Gasteiger partial charge in [0.15, 0.2) is 0 Å². The first kappa shape index (κ1) is 25.8. The van der Waals surface area contributed by atoms with E-state index in [1.807, 2.05) is 20.8 Å². The van der Waals surface area contributed by atoms with Gasteiger partial charge < -0.3 is 14.4 Å². The highest BCUT2D eigenvalue weighted by Crippen LogP contribution is 2.62. The predicted octanol–water partition coefficient (Wildman–Crippen LogP) is 4.57. The van der Waals surface area contributed by atoms with Gasteiger partial charge in [0.25, 0.3) is 0 Å². The minimum absolute atomic E-state index is 0.0203. The Balaban J connectivity index is 1.28. The number of cyclic esters (lactones) is 1. The Morgan fingerprint density at radius 1 is 1.29 bits per heavy atom. The van der Waals surface area contributed by atoms with Crippen molar-refractivity contribution in [1.29, 1.82) is 5.26 Å². The molecule has 1 aromatic carbocycles. The molecule has 2 saturated heterocycles. The molecular formula is C27H26FN5O4S. The number of carbonyl (C=O) groups is 2. The summed E-state index contributed by atoms with van der Waals surface area (Å²) >= 11 is 4.55. The van der Waals surface area contributed by atoms with Crippen molar-refractivity contribution >= 4 is 35.3 Å². The minimum Gasteiger partial charge on any atom is -0.444 e. The van der Waals surface area contributed by atoms with Gasteiger partial charge >= 0.3 is 12.2 Å². The molecule has 2 amide bonds. The van der Waals surface area contributed by atoms with Crippen LogP contribution in [0.3, 0.4) is 0 Å².